The van der Waals surface area contributed by atoms with Gasteiger partial charge in [-0.3, -0.25) is 9.97 Å². The molecule has 35 heavy (non-hydrogen) atoms. The maximum atomic E-state index is 4.94. The molecule has 0 aliphatic heterocycles. The molecule has 0 fully saturated rings. The average Bonchev–Trinajstić information content (AvgIpc) is 3.37. The van der Waals surface area contributed by atoms with Gasteiger partial charge in [0.2, 0.25) is 0 Å². The summed E-state index contributed by atoms with van der Waals surface area (Å²) in [4.78, 5) is 15.3. The topological polar surface area (TPSA) is 38.7 Å². The van der Waals surface area contributed by atoms with Crippen molar-refractivity contribution in [3.63, 3.8) is 0 Å². The molecule has 0 N–H and O–H groups in total. The molecule has 4 heteroatoms. The van der Waals surface area contributed by atoms with Gasteiger partial charge in [-0.25, -0.2) is 4.98 Å². The van der Waals surface area contributed by atoms with Crippen LogP contribution in [0.25, 0.3) is 22.8 Å². The highest BCUT2D eigenvalue weighted by molar-refractivity contribution is 7.10. The fourth-order valence-electron chi connectivity index (χ4n) is 4.05. The summed E-state index contributed by atoms with van der Waals surface area (Å²) in [6, 6.07) is 14.7. The Hall–Kier alpha value is -3.29. The number of pyridine rings is 3. The second kappa shape index (κ2) is 12.4. The van der Waals surface area contributed by atoms with Gasteiger partial charge in [-0.1, -0.05) is 51.9 Å². The van der Waals surface area contributed by atoms with E-state index in [1.54, 1.807) is 11.3 Å². The van der Waals surface area contributed by atoms with Crippen molar-refractivity contribution < 1.29 is 0 Å². The van der Waals surface area contributed by atoms with Gasteiger partial charge in [-0.05, 0) is 90.2 Å². The summed E-state index contributed by atoms with van der Waals surface area (Å²) in [5.74, 6) is 6.78. The van der Waals surface area contributed by atoms with E-state index in [2.05, 4.69) is 78.3 Å². The summed E-state index contributed by atoms with van der Waals surface area (Å²) < 4.78 is 0. The van der Waals surface area contributed by atoms with Crippen molar-refractivity contribution in [3.8, 4) is 34.6 Å². The minimum atomic E-state index is 0.839. The Balaban J connectivity index is 1.60. The van der Waals surface area contributed by atoms with E-state index in [-0.39, 0.29) is 0 Å². The summed E-state index contributed by atoms with van der Waals surface area (Å²) in [6.07, 6.45) is 11.8. The zero-order valence-corrected chi connectivity index (χ0v) is 21.8. The largest absolute Gasteiger partial charge is 0.255 e. The Morgan fingerprint density at radius 3 is 2.17 bits per heavy atom. The maximum Gasteiger partial charge on any atom is 0.0898 e. The van der Waals surface area contributed by atoms with Gasteiger partial charge < -0.3 is 0 Å². The van der Waals surface area contributed by atoms with Crippen LogP contribution in [0.5, 0.6) is 0 Å². The van der Waals surface area contributed by atoms with E-state index in [1.165, 1.54) is 47.3 Å². The molecule has 4 aromatic heterocycles. The van der Waals surface area contributed by atoms with Crippen molar-refractivity contribution in [1.29, 1.82) is 0 Å². The van der Waals surface area contributed by atoms with Gasteiger partial charge in [0.05, 0.1) is 27.7 Å². The second-order valence-electron chi connectivity index (χ2n) is 8.77. The summed E-state index contributed by atoms with van der Waals surface area (Å²) in [5, 5.41) is 2.15. The first-order chi connectivity index (χ1) is 17.2. The monoisotopic (exact) mass is 479 g/mol. The molecule has 4 aromatic rings. The standard InChI is InChI=1S/C31H33N3S/c1-4-7-8-9-10-26-15-18-35-31(26)12-11-25-14-17-33-28(22-25)30-21-24(6-3)20-29(34-30)27-19-23(5-2)13-16-32-27/h13-22H,4-10H2,1-3H3. The predicted octanol–water partition coefficient (Wildman–Crippen LogP) is 7.91. The van der Waals surface area contributed by atoms with Gasteiger partial charge in [-0.15, -0.1) is 11.3 Å². The molecule has 0 aliphatic carbocycles. The molecule has 3 nitrogen and oxygen atoms in total. The average molecular weight is 480 g/mol. The third-order valence-electron chi connectivity index (χ3n) is 6.18. The maximum absolute atomic E-state index is 4.94. The van der Waals surface area contributed by atoms with Crippen LogP contribution in [0.3, 0.4) is 0 Å². The van der Waals surface area contributed by atoms with Crippen LogP contribution in [-0.4, -0.2) is 15.0 Å². The molecule has 0 amide bonds. The third kappa shape index (κ3) is 6.65. The van der Waals surface area contributed by atoms with Crippen LogP contribution in [-0.2, 0) is 19.3 Å². The smallest absolute Gasteiger partial charge is 0.0898 e. The Bertz CT molecular complexity index is 1330. The molecule has 0 atom stereocenters. The molecule has 0 saturated carbocycles. The van der Waals surface area contributed by atoms with Crippen LogP contribution in [0.1, 0.15) is 73.6 Å². The Labute approximate surface area is 213 Å². The van der Waals surface area contributed by atoms with Crippen molar-refractivity contribution in [2.75, 3.05) is 0 Å². The van der Waals surface area contributed by atoms with Gasteiger partial charge in [0, 0.05) is 18.0 Å². The molecule has 0 saturated heterocycles. The minimum absolute atomic E-state index is 0.839. The van der Waals surface area contributed by atoms with E-state index in [9.17, 15) is 0 Å². The Kier molecular flexibility index (Phi) is 8.81. The highest BCUT2D eigenvalue weighted by atomic mass is 32.1. The van der Waals surface area contributed by atoms with Crippen molar-refractivity contribution in [1.82, 2.24) is 15.0 Å². The SMILES string of the molecule is CCCCCCc1ccsc1C#Cc1ccnc(-c2cc(CC)cc(-c3cc(CC)ccn3)n2)c1. The first-order valence-electron chi connectivity index (χ1n) is 12.7. The molecule has 0 aliphatic rings. The molecule has 0 aromatic carbocycles. The van der Waals surface area contributed by atoms with Crippen molar-refractivity contribution in [2.45, 2.75) is 65.7 Å². The third-order valence-corrected chi connectivity index (χ3v) is 7.05. The zero-order valence-electron chi connectivity index (χ0n) is 21.0. The zero-order chi connectivity index (χ0) is 24.5. The molecule has 4 rings (SSSR count). The fourth-order valence-corrected chi connectivity index (χ4v) is 4.85. The molecule has 0 bridgehead atoms. The van der Waals surface area contributed by atoms with Gasteiger partial charge >= 0.3 is 0 Å². The number of nitrogens with zero attached hydrogens (tertiary/aromatic N) is 3. The van der Waals surface area contributed by atoms with Crippen LogP contribution in [0.2, 0.25) is 0 Å². The highest BCUT2D eigenvalue weighted by Crippen LogP contribution is 2.24. The molecule has 178 valence electrons. The van der Waals surface area contributed by atoms with Crippen LogP contribution in [0.4, 0.5) is 0 Å². The lowest BCUT2D eigenvalue weighted by Gasteiger charge is -2.09. The Morgan fingerprint density at radius 2 is 1.43 bits per heavy atom. The van der Waals surface area contributed by atoms with Crippen molar-refractivity contribution in [2.24, 2.45) is 0 Å². The molecule has 0 radical (unpaired) electrons. The minimum Gasteiger partial charge on any atom is -0.255 e. The number of aryl methyl sites for hydroxylation is 3. The lowest BCUT2D eigenvalue weighted by Crippen LogP contribution is -1.96. The number of unbranched alkanes of at least 4 members (excludes halogenated alkanes) is 3. The lowest BCUT2D eigenvalue weighted by atomic mass is 10.1. The van der Waals surface area contributed by atoms with E-state index in [4.69, 9.17) is 4.98 Å². The first-order valence-corrected chi connectivity index (χ1v) is 13.6. The molecule has 0 spiro atoms. The summed E-state index contributed by atoms with van der Waals surface area (Å²) in [6.45, 7) is 6.57. The quantitative estimate of drug-likeness (QED) is 0.181. The number of aromatic nitrogens is 3. The molecule has 0 unspecified atom stereocenters. The van der Waals surface area contributed by atoms with E-state index in [0.717, 1.165) is 47.6 Å². The highest BCUT2D eigenvalue weighted by Gasteiger charge is 2.10. The number of hydrogen-bond acceptors (Lipinski definition) is 4. The normalized spacial score (nSPS) is 10.7. The van der Waals surface area contributed by atoms with Gasteiger partial charge in [0.1, 0.15) is 0 Å². The van der Waals surface area contributed by atoms with Gasteiger partial charge in [0.25, 0.3) is 0 Å². The molecule has 4 heterocycles. The summed E-state index contributed by atoms with van der Waals surface area (Å²) >= 11 is 1.73. The van der Waals surface area contributed by atoms with Crippen molar-refractivity contribution in [3.05, 3.63) is 87.4 Å². The molecular weight excluding hydrogens is 446 g/mol. The number of thiophene rings is 1. The van der Waals surface area contributed by atoms with E-state index < -0.39 is 0 Å². The van der Waals surface area contributed by atoms with E-state index >= 15 is 0 Å². The van der Waals surface area contributed by atoms with Crippen molar-refractivity contribution >= 4 is 11.3 Å². The van der Waals surface area contributed by atoms with Crippen LogP contribution in [0, 0.1) is 11.8 Å². The second-order valence-corrected chi connectivity index (χ2v) is 9.68. The Morgan fingerprint density at radius 1 is 0.714 bits per heavy atom. The predicted molar refractivity (Wildman–Crippen MR) is 148 cm³/mol. The first kappa shape index (κ1) is 24.8. The van der Waals surface area contributed by atoms with Crippen LogP contribution < -0.4 is 0 Å². The summed E-state index contributed by atoms with van der Waals surface area (Å²) in [5.41, 5.74) is 8.30. The van der Waals surface area contributed by atoms with E-state index in [1.807, 2.05) is 24.5 Å². The number of hydrogen-bond donors (Lipinski definition) is 0. The van der Waals surface area contributed by atoms with E-state index in [0.29, 0.717) is 0 Å². The summed E-state index contributed by atoms with van der Waals surface area (Å²) in [7, 11) is 0. The lowest BCUT2D eigenvalue weighted by molar-refractivity contribution is 0.667. The van der Waals surface area contributed by atoms with Crippen LogP contribution >= 0.6 is 11.3 Å². The molecular formula is C31H33N3S. The van der Waals surface area contributed by atoms with Gasteiger partial charge in [0.15, 0.2) is 0 Å². The number of rotatable bonds is 9. The fraction of sp³-hybridized carbons (Fsp3) is 0.323. The van der Waals surface area contributed by atoms with Crippen LogP contribution in [0.15, 0.2) is 60.2 Å². The van der Waals surface area contributed by atoms with Gasteiger partial charge in [-0.2, -0.15) is 0 Å².